The van der Waals surface area contributed by atoms with Crippen molar-refractivity contribution < 1.29 is 18.7 Å². The number of halogens is 1. The van der Waals surface area contributed by atoms with Gasteiger partial charge >= 0.3 is 0 Å². The number of anilines is 1. The van der Waals surface area contributed by atoms with Gasteiger partial charge < -0.3 is 14.5 Å². The predicted octanol–water partition coefficient (Wildman–Crippen LogP) is 2.50. The number of fused-ring (bicyclic) bond motifs is 1. The van der Waals surface area contributed by atoms with Crippen molar-refractivity contribution in [3.63, 3.8) is 0 Å². The van der Waals surface area contributed by atoms with E-state index in [0.717, 1.165) is 0 Å². The van der Waals surface area contributed by atoms with E-state index < -0.39 is 0 Å². The highest BCUT2D eigenvalue weighted by molar-refractivity contribution is 6.07. The van der Waals surface area contributed by atoms with Crippen molar-refractivity contribution in [3.8, 4) is 5.75 Å². The van der Waals surface area contributed by atoms with E-state index >= 15 is 0 Å². The van der Waals surface area contributed by atoms with Crippen LogP contribution in [0.15, 0.2) is 42.5 Å². The maximum absolute atomic E-state index is 13.8. The minimum atomic E-state index is -0.285. The van der Waals surface area contributed by atoms with Crippen molar-refractivity contribution in [1.29, 1.82) is 0 Å². The van der Waals surface area contributed by atoms with Crippen LogP contribution in [0.1, 0.15) is 15.9 Å². The number of ether oxygens (including phenoxy) is 1. The summed E-state index contributed by atoms with van der Waals surface area (Å²) in [5, 5.41) is 0. The summed E-state index contributed by atoms with van der Waals surface area (Å²) in [5.74, 6) is -0.221. The molecule has 0 bridgehead atoms. The molecular formula is C19H19FN2O3. The molecule has 1 heterocycles. The first-order valence-corrected chi connectivity index (χ1v) is 7.99. The van der Waals surface area contributed by atoms with E-state index in [4.69, 9.17) is 4.74 Å². The monoisotopic (exact) mass is 342 g/mol. The Morgan fingerprint density at radius 1 is 1.20 bits per heavy atom. The van der Waals surface area contributed by atoms with Crippen molar-refractivity contribution in [3.05, 3.63) is 59.4 Å². The molecule has 0 fully saturated rings. The number of likely N-dealkylation sites (N-methyl/N-ethyl adjacent to an activating group) is 1. The molecule has 5 nitrogen and oxygen atoms in total. The second-order valence-electron chi connectivity index (χ2n) is 6.05. The second kappa shape index (κ2) is 6.93. The molecule has 3 rings (SSSR count). The Balaban J connectivity index is 1.77. The molecule has 0 unspecified atom stereocenters. The van der Waals surface area contributed by atoms with E-state index in [-0.39, 0.29) is 24.2 Å². The predicted molar refractivity (Wildman–Crippen MR) is 92.4 cm³/mol. The maximum atomic E-state index is 13.8. The molecule has 2 aromatic rings. The third kappa shape index (κ3) is 3.47. The van der Waals surface area contributed by atoms with E-state index in [2.05, 4.69) is 0 Å². The van der Waals surface area contributed by atoms with E-state index in [0.29, 0.717) is 35.5 Å². The molecular weight excluding hydrogens is 323 g/mol. The summed E-state index contributed by atoms with van der Waals surface area (Å²) in [6, 6.07) is 11.4. The highest BCUT2D eigenvalue weighted by atomic mass is 19.1. The van der Waals surface area contributed by atoms with Crippen LogP contribution in [0.5, 0.6) is 5.75 Å². The van der Waals surface area contributed by atoms with Gasteiger partial charge in [-0.25, -0.2) is 4.39 Å². The van der Waals surface area contributed by atoms with Crippen molar-refractivity contribution >= 4 is 17.5 Å². The SMILES string of the molecule is CN(C)C(=O)COc1cccc(C(=O)N2CCc3c(F)cccc32)c1. The fourth-order valence-electron chi connectivity index (χ4n) is 2.75. The van der Waals surface area contributed by atoms with Crippen LogP contribution in [0.2, 0.25) is 0 Å². The van der Waals surface area contributed by atoms with Crippen LogP contribution in [-0.4, -0.2) is 44.0 Å². The van der Waals surface area contributed by atoms with Crippen LogP contribution in [0.25, 0.3) is 0 Å². The average molecular weight is 342 g/mol. The van der Waals surface area contributed by atoms with Gasteiger partial charge in [0, 0.05) is 31.8 Å². The summed E-state index contributed by atoms with van der Waals surface area (Å²) in [6.07, 6.45) is 0.501. The Kier molecular flexibility index (Phi) is 4.70. The van der Waals surface area contributed by atoms with Gasteiger partial charge in [-0.05, 0) is 36.8 Å². The lowest BCUT2D eigenvalue weighted by Gasteiger charge is -2.18. The van der Waals surface area contributed by atoms with Crippen LogP contribution < -0.4 is 9.64 Å². The summed E-state index contributed by atoms with van der Waals surface area (Å²) in [6.45, 7) is 0.349. The number of hydrogen-bond acceptors (Lipinski definition) is 3. The summed E-state index contributed by atoms with van der Waals surface area (Å²) < 4.78 is 19.3. The zero-order valence-electron chi connectivity index (χ0n) is 14.2. The Morgan fingerprint density at radius 2 is 1.96 bits per heavy atom. The van der Waals surface area contributed by atoms with Gasteiger partial charge in [0.2, 0.25) is 0 Å². The molecule has 1 aliphatic rings. The molecule has 2 aromatic carbocycles. The van der Waals surface area contributed by atoms with Gasteiger partial charge in [-0.15, -0.1) is 0 Å². The number of carbonyl (C=O) groups excluding carboxylic acids is 2. The van der Waals surface area contributed by atoms with Gasteiger partial charge in [-0.1, -0.05) is 12.1 Å². The minimum Gasteiger partial charge on any atom is -0.484 e. The van der Waals surface area contributed by atoms with Gasteiger partial charge in [0.1, 0.15) is 11.6 Å². The van der Waals surface area contributed by atoms with Crippen molar-refractivity contribution in [2.24, 2.45) is 0 Å². The molecule has 25 heavy (non-hydrogen) atoms. The summed E-state index contributed by atoms with van der Waals surface area (Å²) in [7, 11) is 3.30. The molecule has 0 radical (unpaired) electrons. The van der Waals surface area contributed by atoms with Gasteiger partial charge in [-0.3, -0.25) is 9.59 Å². The number of rotatable bonds is 4. The first kappa shape index (κ1) is 17.0. The van der Waals surface area contributed by atoms with Crippen molar-refractivity contribution in [2.75, 3.05) is 32.1 Å². The maximum Gasteiger partial charge on any atom is 0.259 e. The van der Waals surface area contributed by atoms with Crippen LogP contribution in [-0.2, 0) is 11.2 Å². The molecule has 130 valence electrons. The van der Waals surface area contributed by atoms with E-state index in [9.17, 15) is 14.0 Å². The first-order valence-electron chi connectivity index (χ1n) is 7.99. The topological polar surface area (TPSA) is 49.9 Å². The normalized spacial score (nSPS) is 12.7. The summed E-state index contributed by atoms with van der Waals surface area (Å²) >= 11 is 0. The quantitative estimate of drug-likeness (QED) is 0.858. The van der Waals surface area contributed by atoms with Crippen LogP contribution >= 0.6 is 0 Å². The number of nitrogens with zero attached hydrogens (tertiary/aromatic N) is 2. The molecule has 0 saturated carbocycles. The first-order chi connectivity index (χ1) is 12.0. The zero-order chi connectivity index (χ0) is 18.0. The lowest BCUT2D eigenvalue weighted by atomic mass is 10.1. The summed E-state index contributed by atoms with van der Waals surface area (Å²) in [5.41, 5.74) is 1.62. The molecule has 0 N–H and O–H groups in total. The summed E-state index contributed by atoms with van der Waals surface area (Å²) in [4.78, 5) is 27.4. The molecule has 0 atom stereocenters. The number of amides is 2. The lowest BCUT2D eigenvalue weighted by Crippen LogP contribution is -2.29. The minimum absolute atomic E-state index is 0.0948. The number of hydrogen-bond donors (Lipinski definition) is 0. The number of carbonyl (C=O) groups is 2. The standard InChI is InChI=1S/C19H19FN2O3/c1-21(2)18(23)12-25-14-6-3-5-13(11-14)19(24)22-10-9-15-16(20)7-4-8-17(15)22/h3-8,11H,9-10,12H2,1-2H3. The fraction of sp³-hybridized carbons (Fsp3) is 0.263. The van der Waals surface area contributed by atoms with Crippen molar-refractivity contribution in [2.45, 2.75) is 6.42 Å². The number of benzene rings is 2. The Morgan fingerprint density at radius 3 is 2.72 bits per heavy atom. The Hall–Kier alpha value is -2.89. The lowest BCUT2D eigenvalue weighted by molar-refractivity contribution is -0.130. The second-order valence-corrected chi connectivity index (χ2v) is 6.05. The van der Waals surface area contributed by atoms with Gasteiger partial charge in [0.25, 0.3) is 11.8 Å². The molecule has 6 heteroatoms. The van der Waals surface area contributed by atoms with E-state index in [1.165, 1.54) is 11.0 Å². The van der Waals surface area contributed by atoms with E-state index in [1.807, 2.05) is 0 Å². The molecule has 0 spiro atoms. The molecule has 0 aliphatic carbocycles. The highest BCUT2D eigenvalue weighted by Crippen LogP contribution is 2.31. The third-order valence-corrected chi connectivity index (χ3v) is 4.16. The average Bonchev–Trinajstić information content (AvgIpc) is 3.04. The van der Waals surface area contributed by atoms with Gasteiger partial charge in [-0.2, -0.15) is 0 Å². The van der Waals surface area contributed by atoms with Crippen LogP contribution in [0.3, 0.4) is 0 Å². The van der Waals surface area contributed by atoms with Crippen LogP contribution in [0.4, 0.5) is 10.1 Å². The third-order valence-electron chi connectivity index (χ3n) is 4.16. The van der Waals surface area contributed by atoms with Crippen LogP contribution in [0, 0.1) is 5.82 Å². The Labute approximate surface area is 145 Å². The molecule has 2 amide bonds. The Bertz CT molecular complexity index is 820. The molecule has 0 aromatic heterocycles. The largest absolute Gasteiger partial charge is 0.484 e. The molecule has 0 saturated heterocycles. The fourth-order valence-corrected chi connectivity index (χ4v) is 2.75. The van der Waals surface area contributed by atoms with Crippen molar-refractivity contribution in [1.82, 2.24) is 4.90 Å². The van der Waals surface area contributed by atoms with Gasteiger partial charge in [0.05, 0.1) is 5.69 Å². The highest BCUT2D eigenvalue weighted by Gasteiger charge is 2.27. The zero-order valence-corrected chi connectivity index (χ0v) is 14.2. The molecule has 1 aliphatic heterocycles. The van der Waals surface area contributed by atoms with E-state index in [1.54, 1.807) is 55.4 Å². The van der Waals surface area contributed by atoms with Gasteiger partial charge in [0.15, 0.2) is 6.61 Å². The smallest absolute Gasteiger partial charge is 0.259 e.